The normalized spacial score (nSPS) is 7.73. The second-order valence-corrected chi connectivity index (χ2v) is 2.08. The van der Waals surface area contributed by atoms with Crippen LogP contribution < -0.4 is 29.1 Å². The summed E-state index contributed by atoms with van der Waals surface area (Å²) in [4.78, 5) is 10.3. The third-order valence-corrected chi connectivity index (χ3v) is 1.25. The Hall–Kier alpha value is -1.87. The predicted octanol–water partition coefficient (Wildman–Crippen LogP) is -1.69. The Bertz CT molecular complexity index is 305. The Labute approximate surface area is 86.2 Å². The summed E-state index contributed by atoms with van der Waals surface area (Å²) in [6, 6.07) is 3.87. The Morgan fingerprint density at radius 2 is 1.60 bits per heavy atom. The van der Waals surface area contributed by atoms with E-state index < -0.39 is 5.97 Å². The number of hydrogen-bond donors (Lipinski definition) is 7. The molecule has 1 aromatic rings. The molecule has 8 nitrogen and oxygen atoms in total. The molecular formula is C7H15N5O3. The van der Waals surface area contributed by atoms with E-state index in [0.29, 0.717) is 5.69 Å². The van der Waals surface area contributed by atoms with Crippen molar-refractivity contribution in [2.75, 3.05) is 5.73 Å². The first-order valence-corrected chi connectivity index (χ1v) is 3.59. The smallest absolute Gasteiger partial charge is 0.339 e. The molecule has 0 heterocycles. The highest BCUT2D eigenvalue weighted by Gasteiger charge is 2.07. The highest BCUT2D eigenvalue weighted by Crippen LogP contribution is 2.19. The fraction of sp³-hybridized carbons (Fsp3) is 0. The molecule has 15 heavy (non-hydrogen) atoms. The largest absolute Gasteiger partial charge is 0.507 e. The number of carboxylic acids is 1. The van der Waals surface area contributed by atoms with Gasteiger partial charge in [-0.15, -0.1) is 0 Å². The maximum atomic E-state index is 10.3. The van der Waals surface area contributed by atoms with E-state index in [-0.39, 0.29) is 11.3 Å². The molecule has 0 amide bonds. The van der Waals surface area contributed by atoms with Crippen LogP contribution >= 0.6 is 0 Å². The standard InChI is InChI=1S/C7H7NO3.2H4N2/c8-4-1-2-5(7(10)11)6(9)3-4;2*1-2/h1-3,9H,8H2,(H,10,11);2*1-2H2. The molecule has 0 atom stereocenters. The van der Waals surface area contributed by atoms with Crippen molar-refractivity contribution < 1.29 is 15.0 Å². The number of aromatic carboxylic acids is 1. The number of anilines is 1. The third-order valence-electron chi connectivity index (χ3n) is 1.25. The van der Waals surface area contributed by atoms with Gasteiger partial charge in [0.1, 0.15) is 11.3 Å². The van der Waals surface area contributed by atoms with Gasteiger partial charge in [-0.1, -0.05) is 0 Å². The van der Waals surface area contributed by atoms with Gasteiger partial charge in [0.25, 0.3) is 0 Å². The topological polar surface area (TPSA) is 188 Å². The van der Waals surface area contributed by atoms with Crippen LogP contribution in [0.15, 0.2) is 18.2 Å². The van der Waals surface area contributed by atoms with E-state index in [2.05, 4.69) is 23.4 Å². The summed E-state index contributed by atoms with van der Waals surface area (Å²) >= 11 is 0. The third kappa shape index (κ3) is 5.44. The number of aromatic hydroxyl groups is 1. The molecule has 86 valence electrons. The maximum Gasteiger partial charge on any atom is 0.339 e. The van der Waals surface area contributed by atoms with Crippen molar-refractivity contribution in [2.45, 2.75) is 0 Å². The van der Waals surface area contributed by atoms with E-state index in [1.54, 1.807) is 0 Å². The number of phenols is 1. The molecule has 0 saturated heterocycles. The van der Waals surface area contributed by atoms with Crippen LogP contribution in [-0.2, 0) is 0 Å². The van der Waals surface area contributed by atoms with Gasteiger partial charge in [0, 0.05) is 11.8 Å². The average Bonchev–Trinajstić information content (AvgIpc) is 2.23. The highest BCUT2D eigenvalue weighted by atomic mass is 16.4. The van der Waals surface area contributed by atoms with E-state index in [4.69, 9.17) is 15.9 Å². The molecule has 0 fully saturated rings. The SMILES string of the molecule is NN.NN.Nc1ccc(C(=O)O)c(O)c1. The second-order valence-electron chi connectivity index (χ2n) is 2.08. The molecule has 0 radical (unpaired) electrons. The summed E-state index contributed by atoms with van der Waals surface area (Å²) in [7, 11) is 0. The average molecular weight is 217 g/mol. The minimum absolute atomic E-state index is 0.140. The van der Waals surface area contributed by atoms with Crippen molar-refractivity contribution in [1.29, 1.82) is 0 Å². The molecule has 0 spiro atoms. The zero-order valence-electron chi connectivity index (χ0n) is 7.92. The van der Waals surface area contributed by atoms with Gasteiger partial charge in [0.05, 0.1) is 0 Å². The minimum Gasteiger partial charge on any atom is -0.507 e. The van der Waals surface area contributed by atoms with Crippen LogP contribution in [0.4, 0.5) is 5.69 Å². The number of hydrogen-bond acceptors (Lipinski definition) is 7. The molecular weight excluding hydrogens is 202 g/mol. The fourth-order valence-corrected chi connectivity index (χ4v) is 0.730. The summed E-state index contributed by atoms with van der Waals surface area (Å²) < 4.78 is 0. The van der Waals surface area contributed by atoms with Crippen LogP contribution in [0.5, 0.6) is 5.75 Å². The second kappa shape index (κ2) is 8.72. The van der Waals surface area contributed by atoms with Gasteiger partial charge in [-0.2, -0.15) is 0 Å². The van der Waals surface area contributed by atoms with E-state index in [0.717, 1.165) is 0 Å². The number of benzene rings is 1. The number of hydrazine groups is 2. The van der Waals surface area contributed by atoms with E-state index in [1.807, 2.05) is 0 Å². The summed E-state index contributed by atoms with van der Waals surface area (Å²) in [5.41, 5.74) is 5.48. The van der Waals surface area contributed by atoms with Gasteiger partial charge in [-0.3, -0.25) is 23.4 Å². The highest BCUT2D eigenvalue weighted by molar-refractivity contribution is 5.91. The van der Waals surface area contributed by atoms with Gasteiger partial charge in [0.15, 0.2) is 0 Å². The van der Waals surface area contributed by atoms with Crippen LogP contribution in [0.25, 0.3) is 0 Å². The van der Waals surface area contributed by atoms with Gasteiger partial charge in [0.2, 0.25) is 0 Å². The Morgan fingerprint density at radius 1 is 1.13 bits per heavy atom. The van der Waals surface area contributed by atoms with Crippen LogP contribution in [0, 0.1) is 0 Å². The van der Waals surface area contributed by atoms with Crippen LogP contribution in [-0.4, -0.2) is 16.2 Å². The molecule has 1 rings (SSSR count). The molecule has 0 aliphatic rings. The summed E-state index contributed by atoms with van der Waals surface area (Å²) in [5, 5.41) is 17.5. The monoisotopic (exact) mass is 217 g/mol. The van der Waals surface area contributed by atoms with Crippen molar-refractivity contribution in [3.63, 3.8) is 0 Å². The van der Waals surface area contributed by atoms with E-state index >= 15 is 0 Å². The summed E-state index contributed by atoms with van der Waals surface area (Å²) in [6.07, 6.45) is 0. The number of carboxylic acid groups (broad SMARTS) is 1. The lowest BCUT2D eigenvalue weighted by Gasteiger charge is -1.98. The molecule has 0 aliphatic heterocycles. The van der Waals surface area contributed by atoms with Crippen molar-refractivity contribution >= 4 is 11.7 Å². The van der Waals surface area contributed by atoms with Crippen molar-refractivity contribution in [2.24, 2.45) is 23.4 Å². The zero-order valence-corrected chi connectivity index (χ0v) is 7.92. The van der Waals surface area contributed by atoms with Gasteiger partial charge >= 0.3 is 5.97 Å². The molecule has 1 aromatic carbocycles. The zero-order chi connectivity index (χ0) is 12.4. The summed E-state index contributed by atoms with van der Waals surface area (Å²) in [6.45, 7) is 0. The first-order chi connectivity index (χ1) is 7.11. The van der Waals surface area contributed by atoms with Crippen molar-refractivity contribution in [3.05, 3.63) is 23.8 Å². The van der Waals surface area contributed by atoms with Crippen molar-refractivity contribution in [1.82, 2.24) is 0 Å². The number of rotatable bonds is 1. The lowest BCUT2D eigenvalue weighted by Crippen LogP contribution is -2.02. The number of nitrogens with two attached hydrogens (primary N) is 5. The van der Waals surface area contributed by atoms with E-state index in [9.17, 15) is 4.79 Å². The van der Waals surface area contributed by atoms with Crippen LogP contribution in [0.3, 0.4) is 0 Å². The molecule has 0 unspecified atom stereocenters. The predicted molar refractivity (Wildman–Crippen MR) is 56.2 cm³/mol. The number of nitrogen functional groups attached to an aromatic ring is 1. The van der Waals surface area contributed by atoms with Gasteiger partial charge in [-0.05, 0) is 12.1 Å². The van der Waals surface area contributed by atoms with Crippen LogP contribution in [0.1, 0.15) is 10.4 Å². The van der Waals surface area contributed by atoms with Crippen molar-refractivity contribution in [3.8, 4) is 5.75 Å². The first kappa shape index (κ1) is 15.6. The fourth-order valence-electron chi connectivity index (χ4n) is 0.730. The number of carbonyl (C=O) groups is 1. The Balaban J connectivity index is 0. The van der Waals surface area contributed by atoms with E-state index in [1.165, 1.54) is 18.2 Å². The first-order valence-electron chi connectivity index (χ1n) is 3.59. The Morgan fingerprint density at radius 3 is 1.93 bits per heavy atom. The molecule has 0 aromatic heterocycles. The molecule has 12 N–H and O–H groups in total. The van der Waals surface area contributed by atoms with Gasteiger partial charge < -0.3 is 15.9 Å². The maximum absolute atomic E-state index is 10.3. The lowest BCUT2D eigenvalue weighted by molar-refractivity contribution is 0.0694. The molecule has 0 bridgehead atoms. The van der Waals surface area contributed by atoms with Gasteiger partial charge in [-0.25, -0.2) is 4.79 Å². The summed E-state index contributed by atoms with van der Waals surface area (Å²) in [5.74, 6) is 14.5. The minimum atomic E-state index is -1.16. The molecule has 0 aliphatic carbocycles. The molecule has 0 saturated carbocycles. The lowest BCUT2D eigenvalue weighted by atomic mass is 10.2. The quantitative estimate of drug-likeness (QED) is 0.165. The van der Waals surface area contributed by atoms with Crippen LogP contribution in [0.2, 0.25) is 0 Å². The molecule has 8 heteroatoms. The Kier molecular flexibility index (Phi) is 9.06.